The van der Waals surface area contributed by atoms with Gasteiger partial charge in [-0.25, -0.2) is 14.4 Å². The highest BCUT2D eigenvalue weighted by Crippen LogP contribution is 2.46. The molecule has 0 atom stereocenters. The van der Waals surface area contributed by atoms with Gasteiger partial charge < -0.3 is 29.9 Å². The smallest absolute Gasteiger partial charge is 0.410 e. The normalized spacial score (nSPS) is 14.5. The Hall–Kier alpha value is -2.79. The third-order valence-electron chi connectivity index (χ3n) is 5.33. The summed E-state index contributed by atoms with van der Waals surface area (Å²) in [5.74, 6) is -1.96. The Morgan fingerprint density at radius 2 is 1.89 bits per heavy atom. The van der Waals surface area contributed by atoms with E-state index in [0.717, 1.165) is 42.0 Å². The quantitative estimate of drug-likeness (QED) is 0.386. The molecule has 1 fully saturated rings. The number of hydrogen-bond donors (Lipinski definition) is 3. The topological polar surface area (TPSA) is 125 Å². The van der Waals surface area contributed by atoms with E-state index in [0.29, 0.717) is 28.4 Å². The molecule has 3 N–H and O–H groups in total. The van der Waals surface area contributed by atoms with Crippen LogP contribution in [0.1, 0.15) is 43.3 Å². The largest absolute Gasteiger partial charge is 0.479 e. The molecular formula is C24H29BrN2O7S. The van der Waals surface area contributed by atoms with Gasteiger partial charge in [0.1, 0.15) is 5.60 Å². The minimum absolute atomic E-state index is 0.00927. The zero-order valence-electron chi connectivity index (χ0n) is 19.8. The molecule has 1 aromatic carbocycles. The van der Waals surface area contributed by atoms with Crippen molar-refractivity contribution in [2.24, 2.45) is 5.92 Å². The summed E-state index contributed by atoms with van der Waals surface area (Å²) in [6.07, 6.45) is 1.47. The fourth-order valence-corrected chi connectivity index (χ4v) is 5.55. The van der Waals surface area contributed by atoms with Gasteiger partial charge in [0.2, 0.25) is 0 Å². The first-order valence-corrected chi connectivity index (χ1v) is 12.8. The summed E-state index contributed by atoms with van der Waals surface area (Å²) in [7, 11) is 0. The first-order valence-electron chi connectivity index (χ1n) is 11.2. The van der Waals surface area contributed by atoms with Crippen molar-refractivity contribution in [2.75, 3.05) is 31.6 Å². The standard InChI is InChI=1S/C24H29BrN2O7S/c1-24(2,3)34-23(32)27-9-7-14(8-10-27)12-26-16-6-4-5-15(11-16)20-18(25)19(33-13-17(28)29)21(35-20)22(30)31/h4-6,11,14,26H,7-10,12-13H2,1-3H3,(H,28,29)(H,30,31). The maximum Gasteiger partial charge on any atom is 0.410 e. The third-order valence-corrected chi connectivity index (χ3v) is 7.56. The summed E-state index contributed by atoms with van der Waals surface area (Å²) in [5, 5.41) is 21.9. The third kappa shape index (κ3) is 7.35. The maximum absolute atomic E-state index is 12.3. The van der Waals surface area contributed by atoms with Gasteiger partial charge in [-0.05, 0) is 73.2 Å². The number of carbonyl (C=O) groups excluding carboxylic acids is 1. The number of hydrogen-bond acceptors (Lipinski definition) is 7. The summed E-state index contributed by atoms with van der Waals surface area (Å²) >= 11 is 4.40. The maximum atomic E-state index is 12.3. The molecule has 11 heteroatoms. The number of amides is 1. The Kier molecular flexibility index (Phi) is 8.65. The van der Waals surface area contributed by atoms with Gasteiger partial charge >= 0.3 is 18.0 Å². The first-order chi connectivity index (χ1) is 16.4. The highest BCUT2D eigenvalue weighted by Gasteiger charge is 2.27. The van der Waals surface area contributed by atoms with Crippen LogP contribution in [0, 0.1) is 5.92 Å². The van der Waals surface area contributed by atoms with Gasteiger partial charge in [0, 0.05) is 25.3 Å². The van der Waals surface area contributed by atoms with E-state index >= 15 is 0 Å². The number of ether oxygens (including phenoxy) is 2. The van der Waals surface area contributed by atoms with Gasteiger partial charge in [0.05, 0.1) is 9.35 Å². The second-order valence-corrected chi connectivity index (χ2v) is 11.1. The molecule has 190 valence electrons. The van der Waals surface area contributed by atoms with Crippen LogP contribution in [0.15, 0.2) is 28.7 Å². The van der Waals surface area contributed by atoms with Crippen LogP contribution in [0.5, 0.6) is 5.75 Å². The highest BCUT2D eigenvalue weighted by atomic mass is 79.9. The zero-order valence-corrected chi connectivity index (χ0v) is 22.2. The Balaban J connectivity index is 1.63. The molecule has 1 aromatic heterocycles. The number of piperidine rings is 1. The molecule has 1 amide bonds. The van der Waals surface area contributed by atoms with Crippen molar-refractivity contribution >= 4 is 51.0 Å². The summed E-state index contributed by atoms with van der Waals surface area (Å²) < 4.78 is 11.1. The van der Waals surface area contributed by atoms with E-state index in [4.69, 9.17) is 14.6 Å². The molecule has 35 heavy (non-hydrogen) atoms. The van der Waals surface area contributed by atoms with Crippen LogP contribution in [0.2, 0.25) is 0 Å². The molecule has 0 bridgehead atoms. The molecule has 0 saturated carbocycles. The number of anilines is 1. The van der Waals surface area contributed by atoms with Crippen LogP contribution in [-0.2, 0) is 9.53 Å². The molecule has 0 spiro atoms. The number of carboxylic acid groups (broad SMARTS) is 2. The Morgan fingerprint density at radius 1 is 1.20 bits per heavy atom. The van der Waals surface area contributed by atoms with Crippen LogP contribution >= 0.6 is 27.3 Å². The van der Waals surface area contributed by atoms with Crippen molar-refractivity contribution in [3.63, 3.8) is 0 Å². The van der Waals surface area contributed by atoms with Crippen LogP contribution in [-0.4, -0.2) is 65.0 Å². The lowest BCUT2D eigenvalue weighted by molar-refractivity contribution is -0.139. The molecule has 0 radical (unpaired) electrons. The summed E-state index contributed by atoms with van der Waals surface area (Å²) in [4.78, 5) is 37.1. The van der Waals surface area contributed by atoms with Gasteiger partial charge in [0.25, 0.3) is 0 Å². The van der Waals surface area contributed by atoms with Crippen molar-refractivity contribution < 1.29 is 34.1 Å². The van der Waals surface area contributed by atoms with Gasteiger partial charge in [0.15, 0.2) is 17.2 Å². The number of halogens is 1. The fraction of sp³-hybridized carbons (Fsp3) is 0.458. The first kappa shape index (κ1) is 26.8. The van der Waals surface area contributed by atoms with Crippen molar-refractivity contribution in [1.82, 2.24) is 4.90 Å². The van der Waals surface area contributed by atoms with E-state index in [-0.39, 0.29) is 16.7 Å². The molecule has 1 aliphatic heterocycles. The van der Waals surface area contributed by atoms with Crippen LogP contribution in [0.25, 0.3) is 10.4 Å². The molecule has 1 aliphatic rings. The zero-order chi connectivity index (χ0) is 25.8. The molecule has 3 rings (SSSR count). The molecule has 0 unspecified atom stereocenters. The number of aromatic carboxylic acids is 1. The van der Waals surface area contributed by atoms with Crippen LogP contribution < -0.4 is 10.1 Å². The predicted octanol–water partition coefficient (Wildman–Crippen LogP) is 5.40. The average Bonchev–Trinajstić information content (AvgIpc) is 3.12. The SMILES string of the molecule is CC(C)(C)OC(=O)N1CCC(CNc2cccc(-c3sc(C(=O)O)c(OCC(=O)O)c3Br)c2)CC1. The number of carboxylic acids is 2. The number of aliphatic carboxylic acids is 1. The predicted molar refractivity (Wildman–Crippen MR) is 137 cm³/mol. The van der Waals surface area contributed by atoms with E-state index in [1.54, 1.807) is 4.90 Å². The van der Waals surface area contributed by atoms with E-state index < -0.39 is 24.1 Å². The fourth-order valence-electron chi connectivity index (χ4n) is 3.66. The summed E-state index contributed by atoms with van der Waals surface area (Å²) in [6.45, 7) is 6.99. The average molecular weight is 569 g/mol. The second kappa shape index (κ2) is 11.3. The van der Waals surface area contributed by atoms with E-state index in [9.17, 15) is 19.5 Å². The van der Waals surface area contributed by atoms with E-state index in [2.05, 4.69) is 21.2 Å². The van der Waals surface area contributed by atoms with Crippen molar-refractivity contribution in [3.8, 4) is 16.2 Å². The number of likely N-dealkylation sites (tertiary alicyclic amines) is 1. The van der Waals surface area contributed by atoms with Crippen molar-refractivity contribution in [3.05, 3.63) is 33.6 Å². The lowest BCUT2D eigenvalue weighted by Gasteiger charge is -2.33. The lowest BCUT2D eigenvalue weighted by Crippen LogP contribution is -2.42. The molecule has 2 aromatic rings. The van der Waals surface area contributed by atoms with Crippen LogP contribution in [0.3, 0.4) is 0 Å². The molecule has 2 heterocycles. The Labute approximate surface area is 216 Å². The van der Waals surface area contributed by atoms with E-state index in [1.807, 2.05) is 45.0 Å². The molecule has 1 saturated heterocycles. The number of thiophene rings is 1. The molecule has 9 nitrogen and oxygen atoms in total. The lowest BCUT2D eigenvalue weighted by atomic mass is 9.97. The molecule has 0 aliphatic carbocycles. The van der Waals surface area contributed by atoms with Gasteiger partial charge in [-0.15, -0.1) is 11.3 Å². The number of nitrogens with one attached hydrogen (secondary N) is 1. The van der Waals surface area contributed by atoms with E-state index in [1.165, 1.54) is 0 Å². The minimum Gasteiger partial charge on any atom is -0.479 e. The summed E-state index contributed by atoms with van der Waals surface area (Å²) in [6, 6.07) is 7.57. The van der Waals surface area contributed by atoms with Gasteiger partial charge in [-0.2, -0.15) is 0 Å². The highest BCUT2D eigenvalue weighted by molar-refractivity contribution is 9.10. The van der Waals surface area contributed by atoms with Gasteiger partial charge in [-0.1, -0.05) is 12.1 Å². The van der Waals surface area contributed by atoms with Crippen LogP contribution in [0.4, 0.5) is 10.5 Å². The second-order valence-electron chi connectivity index (χ2n) is 9.26. The number of nitrogens with zero attached hydrogens (tertiary/aromatic N) is 1. The monoisotopic (exact) mass is 568 g/mol. The molecular weight excluding hydrogens is 540 g/mol. The Bertz CT molecular complexity index is 1090. The minimum atomic E-state index is -1.19. The number of rotatable bonds is 8. The summed E-state index contributed by atoms with van der Waals surface area (Å²) in [5.41, 5.74) is 1.15. The van der Waals surface area contributed by atoms with Crippen molar-refractivity contribution in [1.29, 1.82) is 0 Å². The Morgan fingerprint density at radius 3 is 2.49 bits per heavy atom. The number of carbonyl (C=O) groups is 3. The van der Waals surface area contributed by atoms with Crippen molar-refractivity contribution in [2.45, 2.75) is 39.2 Å². The number of benzene rings is 1. The van der Waals surface area contributed by atoms with Gasteiger partial charge in [-0.3, -0.25) is 0 Å².